The van der Waals surface area contributed by atoms with Crippen molar-refractivity contribution in [2.45, 2.75) is 48.1 Å². The Morgan fingerprint density at radius 3 is 2.70 bits per heavy atom. The number of rotatable bonds is 4. The summed E-state index contributed by atoms with van der Waals surface area (Å²) in [5.41, 5.74) is 7.00. The van der Waals surface area contributed by atoms with Crippen molar-refractivity contribution in [2.24, 2.45) is 5.73 Å². The average molecular weight is 392 g/mol. The third-order valence-corrected chi connectivity index (χ3v) is 8.39. The number of methoxy groups -OCH3 is 2. The van der Waals surface area contributed by atoms with E-state index in [1.54, 1.807) is 14.2 Å². The van der Waals surface area contributed by atoms with Gasteiger partial charge in [0.25, 0.3) is 0 Å². The minimum absolute atomic E-state index is 0.0387. The summed E-state index contributed by atoms with van der Waals surface area (Å²) in [6, 6.07) is 6.59. The van der Waals surface area contributed by atoms with E-state index in [1.807, 2.05) is 17.8 Å². The zero-order chi connectivity index (χ0) is 19.2. The fourth-order valence-corrected chi connectivity index (χ4v) is 6.77. The molecular weight excluding hydrogens is 362 g/mol. The second-order valence-electron chi connectivity index (χ2n) is 8.08. The molecule has 3 fully saturated rings. The van der Waals surface area contributed by atoms with Gasteiger partial charge in [0.15, 0.2) is 11.5 Å². The minimum atomic E-state index is -0.240. The van der Waals surface area contributed by atoms with Crippen molar-refractivity contribution >= 4 is 17.7 Å². The van der Waals surface area contributed by atoms with Crippen LogP contribution in [0.3, 0.4) is 0 Å². The van der Waals surface area contributed by atoms with Gasteiger partial charge in [-0.05, 0) is 57.0 Å². The van der Waals surface area contributed by atoms with E-state index in [1.165, 1.54) is 5.56 Å². The van der Waals surface area contributed by atoms with Gasteiger partial charge in [-0.15, -0.1) is 11.8 Å². The molecule has 0 bridgehead atoms. The van der Waals surface area contributed by atoms with Crippen LogP contribution in [0.25, 0.3) is 0 Å². The van der Waals surface area contributed by atoms with Gasteiger partial charge in [-0.25, -0.2) is 0 Å². The number of benzene rings is 1. The Balaban J connectivity index is 1.65. The fraction of sp³-hybridized carbons (Fsp3) is 0.650. The van der Waals surface area contributed by atoms with Crippen molar-refractivity contribution in [3.8, 4) is 11.5 Å². The van der Waals surface area contributed by atoms with Gasteiger partial charge in [0.1, 0.15) is 0 Å². The maximum absolute atomic E-state index is 11.6. The Morgan fingerprint density at radius 2 is 2.04 bits per heavy atom. The van der Waals surface area contributed by atoms with Crippen LogP contribution in [0.4, 0.5) is 0 Å². The largest absolute Gasteiger partial charge is 0.493 e. The molecule has 27 heavy (non-hydrogen) atoms. The van der Waals surface area contributed by atoms with Gasteiger partial charge in [-0.1, -0.05) is 6.07 Å². The number of hydrogen-bond acceptors (Lipinski definition) is 6. The number of likely N-dealkylation sites (N-methyl/N-ethyl adjacent to an activating group) is 1. The molecule has 1 aromatic rings. The van der Waals surface area contributed by atoms with E-state index < -0.39 is 0 Å². The highest BCUT2D eigenvalue weighted by atomic mass is 32.2. The van der Waals surface area contributed by atoms with E-state index in [4.69, 9.17) is 15.2 Å². The van der Waals surface area contributed by atoms with Gasteiger partial charge in [-0.2, -0.15) is 0 Å². The molecule has 0 radical (unpaired) electrons. The molecule has 4 rings (SSSR count). The van der Waals surface area contributed by atoms with Crippen molar-refractivity contribution in [1.82, 2.24) is 10.2 Å². The molecule has 1 amide bonds. The van der Waals surface area contributed by atoms with Crippen LogP contribution in [-0.2, 0) is 10.2 Å². The predicted molar refractivity (Wildman–Crippen MR) is 107 cm³/mol. The number of nitrogens with one attached hydrogen (secondary N) is 1. The highest BCUT2D eigenvalue weighted by Gasteiger charge is 2.56. The summed E-state index contributed by atoms with van der Waals surface area (Å²) < 4.78 is 11.0. The number of carbonyl (C=O) groups excluding carboxylic acids is 1. The van der Waals surface area contributed by atoms with Crippen LogP contribution in [0.1, 0.15) is 31.2 Å². The third kappa shape index (κ3) is 3.00. The highest BCUT2D eigenvalue weighted by Crippen LogP contribution is 2.55. The molecule has 1 saturated carbocycles. The van der Waals surface area contributed by atoms with Crippen molar-refractivity contribution in [3.63, 3.8) is 0 Å². The molecule has 4 atom stereocenters. The van der Waals surface area contributed by atoms with E-state index in [-0.39, 0.29) is 22.2 Å². The lowest BCUT2D eigenvalue weighted by atomic mass is 9.64. The standard InChI is InChI=1S/C20H29N3O3S/c1-23-9-8-19(13-4-5-15(25-2)16(10-13)26-3)6-7-20(11-17(19)23)22-14(12-27-20)18(21)24/h4-5,10,14,17,22H,6-9,11-12H2,1-3H3,(H2,21,24)/t14-,17-,19-,20?/m0/s1. The topological polar surface area (TPSA) is 76.8 Å². The smallest absolute Gasteiger partial charge is 0.235 e. The van der Waals surface area contributed by atoms with Crippen molar-refractivity contribution < 1.29 is 14.3 Å². The van der Waals surface area contributed by atoms with Crippen molar-refractivity contribution in [2.75, 3.05) is 33.6 Å². The van der Waals surface area contributed by atoms with E-state index in [0.29, 0.717) is 6.04 Å². The molecule has 2 saturated heterocycles. The first-order chi connectivity index (χ1) is 12.9. The Labute approximate surface area is 165 Å². The van der Waals surface area contributed by atoms with Gasteiger partial charge in [0.2, 0.25) is 5.91 Å². The summed E-state index contributed by atoms with van der Waals surface area (Å²) in [6.45, 7) is 1.08. The molecule has 3 aliphatic rings. The lowest BCUT2D eigenvalue weighted by molar-refractivity contribution is -0.119. The predicted octanol–water partition coefficient (Wildman–Crippen LogP) is 1.72. The molecule has 1 aliphatic carbocycles. The monoisotopic (exact) mass is 391 g/mol. The Hall–Kier alpha value is -1.44. The quantitative estimate of drug-likeness (QED) is 0.814. The summed E-state index contributed by atoms with van der Waals surface area (Å²) >= 11 is 1.88. The summed E-state index contributed by atoms with van der Waals surface area (Å²) in [4.78, 5) is 14.1. The van der Waals surface area contributed by atoms with E-state index >= 15 is 0 Å². The minimum Gasteiger partial charge on any atom is -0.493 e. The number of carbonyl (C=O) groups is 1. The summed E-state index contributed by atoms with van der Waals surface area (Å²) in [5.74, 6) is 2.09. The molecule has 1 unspecified atom stereocenters. The number of nitrogens with two attached hydrogens (primary N) is 1. The highest BCUT2D eigenvalue weighted by molar-refractivity contribution is 8.01. The van der Waals surface area contributed by atoms with Crippen LogP contribution in [-0.4, -0.2) is 61.3 Å². The molecule has 2 aliphatic heterocycles. The Bertz CT molecular complexity index is 745. The van der Waals surface area contributed by atoms with Gasteiger partial charge in [0.05, 0.1) is 25.1 Å². The van der Waals surface area contributed by atoms with Crippen LogP contribution in [0.5, 0.6) is 11.5 Å². The molecule has 1 aromatic carbocycles. The zero-order valence-electron chi connectivity index (χ0n) is 16.3. The number of nitrogens with zero attached hydrogens (tertiary/aromatic N) is 1. The third-order valence-electron chi connectivity index (χ3n) is 6.84. The van der Waals surface area contributed by atoms with E-state index in [0.717, 1.165) is 49.5 Å². The number of thioether (sulfide) groups is 1. The molecular formula is C20H29N3O3S. The van der Waals surface area contributed by atoms with Crippen molar-refractivity contribution in [1.29, 1.82) is 0 Å². The second kappa shape index (κ2) is 6.87. The fourth-order valence-electron chi connectivity index (χ4n) is 5.29. The van der Waals surface area contributed by atoms with Gasteiger partial charge in [0, 0.05) is 17.2 Å². The van der Waals surface area contributed by atoms with E-state index in [2.05, 4.69) is 29.4 Å². The second-order valence-corrected chi connectivity index (χ2v) is 9.48. The first kappa shape index (κ1) is 18.9. The normalized spacial score (nSPS) is 36.0. The molecule has 1 spiro atoms. The Morgan fingerprint density at radius 1 is 1.26 bits per heavy atom. The molecule has 148 valence electrons. The van der Waals surface area contributed by atoms with Crippen LogP contribution in [0.15, 0.2) is 18.2 Å². The maximum Gasteiger partial charge on any atom is 0.235 e. The SMILES string of the molecule is COc1ccc([C@]23CCN(C)[C@H]2CC2(CC3)N[C@H](C(N)=O)CS2)cc1OC. The lowest BCUT2D eigenvalue weighted by Crippen LogP contribution is -2.57. The van der Waals surface area contributed by atoms with Crippen LogP contribution < -0.4 is 20.5 Å². The molecule has 3 N–H and O–H groups in total. The van der Waals surface area contributed by atoms with Gasteiger partial charge in [-0.3, -0.25) is 10.1 Å². The number of primary amides is 1. The number of likely N-dealkylation sites (tertiary alicyclic amines) is 1. The van der Waals surface area contributed by atoms with Gasteiger partial charge >= 0.3 is 0 Å². The molecule has 0 aromatic heterocycles. The zero-order valence-corrected chi connectivity index (χ0v) is 17.1. The first-order valence-corrected chi connectivity index (χ1v) is 10.6. The van der Waals surface area contributed by atoms with Crippen LogP contribution in [0, 0.1) is 0 Å². The van der Waals surface area contributed by atoms with Gasteiger partial charge < -0.3 is 20.1 Å². The first-order valence-electron chi connectivity index (χ1n) is 9.57. The number of fused-ring (bicyclic) bond motifs is 1. The summed E-state index contributed by atoms with van der Waals surface area (Å²) in [5, 5.41) is 3.57. The maximum atomic E-state index is 11.6. The number of ether oxygens (including phenoxy) is 2. The lowest BCUT2D eigenvalue weighted by Gasteiger charge is -2.49. The van der Waals surface area contributed by atoms with E-state index in [9.17, 15) is 4.79 Å². The molecule has 6 nitrogen and oxygen atoms in total. The van der Waals surface area contributed by atoms with Crippen LogP contribution in [0.2, 0.25) is 0 Å². The number of amides is 1. The Kier molecular flexibility index (Phi) is 4.81. The van der Waals surface area contributed by atoms with Crippen molar-refractivity contribution in [3.05, 3.63) is 23.8 Å². The molecule has 7 heteroatoms. The summed E-state index contributed by atoms with van der Waals surface area (Å²) in [6.07, 6.45) is 4.29. The molecule has 2 heterocycles. The summed E-state index contributed by atoms with van der Waals surface area (Å²) in [7, 11) is 5.58. The van der Waals surface area contributed by atoms with Crippen LogP contribution >= 0.6 is 11.8 Å². The number of hydrogen-bond donors (Lipinski definition) is 2. The average Bonchev–Trinajstić information content (AvgIpc) is 3.24.